The fourth-order valence-corrected chi connectivity index (χ4v) is 1.40. The van der Waals surface area contributed by atoms with Gasteiger partial charge in [0, 0.05) is 14.1 Å². The zero-order valence-corrected chi connectivity index (χ0v) is 8.94. The van der Waals surface area contributed by atoms with E-state index in [0.29, 0.717) is 22.7 Å². The van der Waals surface area contributed by atoms with Crippen LogP contribution in [-0.2, 0) is 0 Å². The van der Waals surface area contributed by atoms with Crippen LogP contribution in [0.3, 0.4) is 0 Å². The van der Waals surface area contributed by atoms with Crippen LogP contribution < -0.4 is 22.1 Å². The Bertz CT molecular complexity index is 488. The number of fused-ring (bicyclic) bond motifs is 1. The van der Waals surface area contributed by atoms with Crippen LogP contribution in [0.5, 0.6) is 0 Å². The average Bonchev–Trinajstić information content (AvgIpc) is 2.27. The molecule has 2 aromatic rings. The first-order valence-electron chi connectivity index (χ1n) is 4.62. The van der Waals surface area contributed by atoms with Crippen LogP contribution in [0.15, 0.2) is 0 Å². The molecule has 8 nitrogen and oxygen atoms in total. The van der Waals surface area contributed by atoms with Gasteiger partial charge in [-0.05, 0) is 0 Å². The Morgan fingerprint density at radius 1 is 0.750 bits per heavy atom. The van der Waals surface area contributed by atoms with Gasteiger partial charge in [-0.2, -0.15) is 9.97 Å². The predicted octanol–water partition coefficient (Wildman–Crippen LogP) is -0.332. The summed E-state index contributed by atoms with van der Waals surface area (Å²) in [4.78, 5) is 16.2. The van der Waals surface area contributed by atoms with E-state index in [9.17, 15) is 0 Å². The number of anilines is 4. The molecule has 0 aliphatic carbocycles. The maximum Gasteiger partial charge on any atom is 0.222 e. The maximum absolute atomic E-state index is 5.59. The standard InChI is InChI=1S/C8H12N8/c1-11-5-3-4(14-7(9)15-5)6(12-2)16-8(10)13-3/h1-2H3,(H3,9,11,14,15)(H3,10,12,13,16). The molecule has 2 rings (SSSR count). The van der Waals surface area contributed by atoms with Crippen molar-refractivity contribution in [3.63, 3.8) is 0 Å². The molecule has 2 aromatic heterocycles. The van der Waals surface area contributed by atoms with Crippen LogP contribution in [0.1, 0.15) is 0 Å². The van der Waals surface area contributed by atoms with E-state index < -0.39 is 0 Å². The smallest absolute Gasteiger partial charge is 0.222 e. The highest BCUT2D eigenvalue weighted by atomic mass is 15.1. The second-order valence-electron chi connectivity index (χ2n) is 3.06. The molecule has 0 amide bonds. The van der Waals surface area contributed by atoms with Crippen LogP contribution >= 0.6 is 0 Å². The number of rotatable bonds is 2. The molecule has 6 N–H and O–H groups in total. The Labute approximate surface area is 91.5 Å². The van der Waals surface area contributed by atoms with E-state index in [0.717, 1.165) is 0 Å². The van der Waals surface area contributed by atoms with E-state index >= 15 is 0 Å². The monoisotopic (exact) mass is 220 g/mol. The van der Waals surface area contributed by atoms with Gasteiger partial charge in [-0.1, -0.05) is 0 Å². The molecular formula is C8H12N8. The predicted molar refractivity (Wildman–Crippen MR) is 63.0 cm³/mol. The lowest BCUT2D eigenvalue weighted by Crippen LogP contribution is -2.07. The van der Waals surface area contributed by atoms with Crippen LogP contribution in [0.2, 0.25) is 0 Å². The summed E-state index contributed by atoms with van der Waals surface area (Å²) < 4.78 is 0. The Balaban J connectivity index is 2.87. The van der Waals surface area contributed by atoms with Gasteiger partial charge in [0.2, 0.25) is 11.9 Å². The first-order chi connectivity index (χ1) is 7.65. The van der Waals surface area contributed by atoms with Crippen LogP contribution in [-0.4, -0.2) is 34.0 Å². The highest BCUT2D eigenvalue weighted by Crippen LogP contribution is 2.24. The Kier molecular flexibility index (Phi) is 2.31. The summed E-state index contributed by atoms with van der Waals surface area (Å²) in [6.07, 6.45) is 0. The third kappa shape index (κ3) is 1.49. The summed E-state index contributed by atoms with van der Waals surface area (Å²) in [7, 11) is 3.44. The van der Waals surface area contributed by atoms with Crippen molar-refractivity contribution in [1.29, 1.82) is 0 Å². The lowest BCUT2D eigenvalue weighted by molar-refractivity contribution is 1.15. The summed E-state index contributed by atoms with van der Waals surface area (Å²) in [6, 6.07) is 0. The molecule has 0 aromatic carbocycles. The summed E-state index contributed by atoms with van der Waals surface area (Å²) in [5.41, 5.74) is 12.2. The summed E-state index contributed by atoms with van der Waals surface area (Å²) in [5.74, 6) is 1.35. The van der Waals surface area contributed by atoms with Crippen LogP contribution in [0, 0.1) is 0 Å². The van der Waals surface area contributed by atoms with Crippen molar-refractivity contribution in [3.05, 3.63) is 0 Å². The molecule has 0 atom stereocenters. The van der Waals surface area contributed by atoms with Crippen molar-refractivity contribution in [2.45, 2.75) is 0 Å². The minimum atomic E-state index is 0.154. The minimum absolute atomic E-state index is 0.154. The zero-order valence-electron chi connectivity index (χ0n) is 8.94. The van der Waals surface area contributed by atoms with Gasteiger partial charge < -0.3 is 22.1 Å². The lowest BCUT2D eigenvalue weighted by Gasteiger charge is -2.08. The number of hydrogen-bond acceptors (Lipinski definition) is 8. The van der Waals surface area contributed by atoms with E-state index in [1.54, 1.807) is 14.1 Å². The first kappa shape index (κ1) is 10.1. The van der Waals surface area contributed by atoms with Gasteiger partial charge in [0.15, 0.2) is 11.6 Å². The first-order valence-corrected chi connectivity index (χ1v) is 4.62. The Hall–Kier alpha value is -2.38. The van der Waals surface area contributed by atoms with Gasteiger partial charge in [-0.15, -0.1) is 0 Å². The molecule has 0 radical (unpaired) electrons. The Morgan fingerprint density at radius 2 is 1.12 bits per heavy atom. The van der Waals surface area contributed by atoms with Crippen molar-refractivity contribution >= 4 is 34.6 Å². The minimum Gasteiger partial charge on any atom is -0.371 e. The molecule has 0 saturated heterocycles. The van der Waals surface area contributed by atoms with Crippen molar-refractivity contribution in [2.24, 2.45) is 0 Å². The van der Waals surface area contributed by atoms with Crippen molar-refractivity contribution in [2.75, 3.05) is 36.2 Å². The molecule has 0 saturated carbocycles. The number of hydrogen-bond donors (Lipinski definition) is 4. The summed E-state index contributed by atoms with van der Waals surface area (Å²) in [6.45, 7) is 0. The molecule has 0 aliphatic rings. The highest BCUT2D eigenvalue weighted by molar-refractivity contribution is 5.93. The van der Waals surface area contributed by atoms with Gasteiger partial charge in [0.1, 0.15) is 11.0 Å². The summed E-state index contributed by atoms with van der Waals surface area (Å²) in [5, 5.41) is 5.77. The van der Waals surface area contributed by atoms with Crippen molar-refractivity contribution < 1.29 is 0 Å². The average molecular weight is 220 g/mol. The fourth-order valence-electron chi connectivity index (χ4n) is 1.40. The Morgan fingerprint density at radius 3 is 1.44 bits per heavy atom. The molecule has 0 bridgehead atoms. The summed E-state index contributed by atoms with van der Waals surface area (Å²) >= 11 is 0. The fraction of sp³-hybridized carbons (Fsp3) is 0.250. The van der Waals surface area contributed by atoms with Gasteiger partial charge in [-0.25, -0.2) is 9.97 Å². The molecular weight excluding hydrogens is 208 g/mol. The molecule has 16 heavy (non-hydrogen) atoms. The topological polar surface area (TPSA) is 128 Å². The number of nitrogens with two attached hydrogens (primary N) is 2. The quantitative estimate of drug-likeness (QED) is 0.541. The number of nitrogens with one attached hydrogen (secondary N) is 2. The molecule has 8 heteroatoms. The van der Waals surface area contributed by atoms with Gasteiger partial charge in [-0.3, -0.25) is 0 Å². The van der Waals surface area contributed by atoms with E-state index in [2.05, 4.69) is 30.6 Å². The van der Waals surface area contributed by atoms with Gasteiger partial charge >= 0.3 is 0 Å². The van der Waals surface area contributed by atoms with E-state index in [1.165, 1.54) is 0 Å². The van der Waals surface area contributed by atoms with Crippen molar-refractivity contribution in [1.82, 2.24) is 19.9 Å². The second kappa shape index (κ2) is 3.65. The van der Waals surface area contributed by atoms with Crippen LogP contribution in [0.4, 0.5) is 23.5 Å². The van der Waals surface area contributed by atoms with Gasteiger partial charge in [0.05, 0.1) is 0 Å². The molecule has 0 fully saturated rings. The normalized spacial score (nSPS) is 10.4. The molecule has 0 unspecified atom stereocenters. The zero-order chi connectivity index (χ0) is 11.7. The molecule has 2 heterocycles. The largest absolute Gasteiger partial charge is 0.371 e. The van der Waals surface area contributed by atoms with E-state index in [1.807, 2.05) is 0 Å². The highest BCUT2D eigenvalue weighted by Gasteiger charge is 2.12. The molecule has 84 valence electrons. The second-order valence-corrected chi connectivity index (χ2v) is 3.06. The van der Waals surface area contributed by atoms with Crippen LogP contribution in [0.25, 0.3) is 11.0 Å². The SMILES string of the molecule is CNc1nc(N)nc2c(NC)nc(N)nc12. The number of nitrogens with zero attached hydrogens (tertiary/aromatic N) is 4. The third-order valence-corrected chi connectivity index (χ3v) is 2.05. The van der Waals surface area contributed by atoms with E-state index in [4.69, 9.17) is 11.5 Å². The number of nitrogen functional groups attached to an aromatic ring is 2. The molecule has 0 aliphatic heterocycles. The maximum atomic E-state index is 5.59. The van der Waals surface area contributed by atoms with E-state index in [-0.39, 0.29) is 11.9 Å². The number of aromatic nitrogens is 4. The third-order valence-electron chi connectivity index (χ3n) is 2.05. The van der Waals surface area contributed by atoms with Gasteiger partial charge in [0.25, 0.3) is 0 Å². The molecule has 0 spiro atoms. The lowest BCUT2D eigenvalue weighted by atomic mass is 10.3. The van der Waals surface area contributed by atoms with Crippen molar-refractivity contribution in [3.8, 4) is 0 Å².